The van der Waals surface area contributed by atoms with Gasteiger partial charge in [-0.05, 0) is 50.4 Å². The zero-order valence-electron chi connectivity index (χ0n) is 8.53. The van der Waals surface area contributed by atoms with E-state index in [1.807, 2.05) is 13.0 Å². The number of hydrogen-bond donors (Lipinski definition) is 2. The molecule has 1 atom stereocenters. The molecule has 1 aromatic rings. The molecule has 0 fully saturated rings. The zero-order valence-corrected chi connectivity index (χ0v) is 13.2. The van der Waals surface area contributed by atoms with Gasteiger partial charge in [0.25, 0.3) is 0 Å². The first-order valence-electron chi connectivity index (χ1n) is 4.59. The first kappa shape index (κ1) is 14.6. The molecule has 0 heterocycles. The number of anilines is 1. The fourth-order valence-electron chi connectivity index (χ4n) is 1.15. The van der Waals surface area contributed by atoms with E-state index in [1.54, 1.807) is 0 Å². The van der Waals surface area contributed by atoms with Crippen LogP contribution in [0.5, 0.6) is 0 Å². The summed E-state index contributed by atoms with van der Waals surface area (Å²) in [5.74, 6) is 0.196. The van der Waals surface area contributed by atoms with Crippen molar-refractivity contribution in [2.24, 2.45) is 0 Å². The first-order valence-corrected chi connectivity index (χ1v) is 7.09. The average Bonchev–Trinajstić information content (AvgIpc) is 2.25. The molecule has 2 N–H and O–H groups in total. The number of alkyl halides is 1. The standard InChI is InChI=1S/C10H11Br2Cl2NO/c1-5-2-7(11)10(8(12)9(5)14)15-4-6(16)3-13/h2,6,15-16H,3-4H2,1H3. The second kappa shape index (κ2) is 6.45. The highest BCUT2D eigenvalue weighted by atomic mass is 79.9. The Kier molecular flexibility index (Phi) is 5.88. The fourth-order valence-corrected chi connectivity index (χ4v) is 3.02. The molecule has 0 spiro atoms. The molecular formula is C10H11Br2Cl2NO. The van der Waals surface area contributed by atoms with E-state index in [4.69, 9.17) is 23.2 Å². The molecule has 0 aliphatic heterocycles. The Morgan fingerprint density at radius 2 is 2.12 bits per heavy atom. The Hall–Kier alpha value is 0.520. The Labute approximate surface area is 122 Å². The second-order valence-corrected chi connectivity index (χ2v) is 5.70. The predicted molar refractivity (Wildman–Crippen MR) is 76.8 cm³/mol. The number of nitrogens with one attached hydrogen (secondary N) is 1. The number of aliphatic hydroxyl groups excluding tert-OH is 1. The van der Waals surface area contributed by atoms with Gasteiger partial charge in [0.1, 0.15) is 0 Å². The van der Waals surface area contributed by atoms with Gasteiger partial charge in [0, 0.05) is 11.0 Å². The zero-order chi connectivity index (χ0) is 12.3. The van der Waals surface area contributed by atoms with Gasteiger partial charge in [-0.15, -0.1) is 11.6 Å². The van der Waals surface area contributed by atoms with Crippen molar-refractivity contribution in [1.82, 2.24) is 0 Å². The monoisotopic (exact) mass is 389 g/mol. The topological polar surface area (TPSA) is 32.3 Å². The molecule has 0 aromatic heterocycles. The summed E-state index contributed by atoms with van der Waals surface area (Å²) >= 11 is 18.5. The van der Waals surface area contributed by atoms with E-state index in [-0.39, 0.29) is 5.88 Å². The van der Waals surface area contributed by atoms with Crippen molar-refractivity contribution in [2.45, 2.75) is 13.0 Å². The molecule has 16 heavy (non-hydrogen) atoms. The first-order chi connectivity index (χ1) is 7.47. The van der Waals surface area contributed by atoms with Gasteiger partial charge in [-0.2, -0.15) is 0 Å². The third kappa shape index (κ3) is 3.50. The predicted octanol–water partition coefficient (Wildman–Crippen LogP) is 4.19. The molecule has 0 radical (unpaired) electrons. The summed E-state index contributed by atoms with van der Waals surface area (Å²) in [6, 6.07) is 1.92. The van der Waals surface area contributed by atoms with Crippen LogP contribution < -0.4 is 5.32 Å². The summed E-state index contributed by atoms with van der Waals surface area (Å²) in [6.45, 7) is 2.30. The molecule has 0 amide bonds. The van der Waals surface area contributed by atoms with Crippen molar-refractivity contribution < 1.29 is 5.11 Å². The third-order valence-electron chi connectivity index (χ3n) is 2.03. The smallest absolute Gasteiger partial charge is 0.0847 e. The highest BCUT2D eigenvalue weighted by molar-refractivity contribution is 9.11. The summed E-state index contributed by atoms with van der Waals surface area (Å²) in [6.07, 6.45) is -0.583. The fraction of sp³-hybridized carbons (Fsp3) is 0.400. The second-order valence-electron chi connectivity index (χ2n) is 3.37. The van der Waals surface area contributed by atoms with Crippen LogP contribution in [0.2, 0.25) is 5.02 Å². The lowest BCUT2D eigenvalue weighted by Crippen LogP contribution is -2.21. The van der Waals surface area contributed by atoms with E-state index in [0.717, 1.165) is 20.2 Å². The van der Waals surface area contributed by atoms with Crippen LogP contribution >= 0.6 is 55.1 Å². The van der Waals surface area contributed by atoms with E-state index in [0.29, 0.717) is 11.6 Å². The minimum Gasteiger partial charge on any atom is -0.390 e. The molecule has 2 nitrogen and oxygen atoms in total. The van der Waals surface area contributed by atoms with Crippen molar-refractivity contribution in [3.8, 4) is 0 Å². The number of halogens is 4. The van der Waals surface area contributed by atoms with Crippen LogP contribution in [0.1, 0.15) is 5.56 Å². The Morgan fingerprint density at radius 3 is 2.69 bits per heavy atom. The van der Waals surface area contributed by atoms with Crippen molar-refractivity contribution in [1.29, 1.82) is 0 Å². The maximum absolute atomic E-state index is 9.37. The normalized spacial score (nSPS) is 12.6. The van der Waals surface area contributed by atoms with Gasteiger partial charge in [0.15, 0.2) is 0 Å². The van der Waals surface area contributed by atoms with E-state index in [2.05, 4.69) is 37.2 Å². The van der Waals surface area contributed by atoms with Crippen LogP contribution in [-0.2, 0) is 0 Å². The molecule has 0 aliphatic carbocycles. The molecule has 0 bridgehead atoms. The van der Waals surface area contributed by atoms with Gasteiger partial charge in [0.05, 0.1) is 27.2 Å². The summed E-state index contributed by atoms with van der Waals surface area (Å²) in [5.41, 5.74) is 1.80. The molecule has 1 aromatic carbocycles. The van der Waals surface area contributed by atoms with Crippen LogP contribution in [-0.4, -0.2) is 23.6 Å². The van der Waals surface area contributed by atoms with Gasteiger partial charge in [-0.3, -0.25) is 0 Å². The highest BCUT2D eigenvalue weighted by Crippen LogP contribution is 2.38. The molecule has 0 aliphatic rings. The number of rotatable bonds is 4. The minimum atomic E-state index is -0.583. The SMILES string of the molecule is Cc1cc(Br)c(NCC(O)CCl)c(Br)c1Cl. The summed E-state index contributed by atoms with van der Waals surface area (Å²) in [4.78, 5) is 0. The molecule has 6 heteroatoms. The number of hydrogen-bond acceptors (Lipinski definition) is 2. The van der Waals surface area contributed by atoms with Gasteiger partial charge in [-0.1, -0.05) is 11.6 Å². The largest absolute Gasteiger partial charge is 0.390 e. The van der Waals surface area contributed by atoms with E-state index in [1.165, 1.54) is 0 Å². The number of aliphatic hydroxyl groups is 1. The molecule has 0 saturated heterocycles. The average molecular weight is 392 g/mol. The van der Waals surface area contributed by atoms with Gasteiger partial charge in [0.2, 0.25) is 0 Å². The van der Waals surface area contributed by atoms with E-state index in [9.17, 15) is 5.11 Å². The van der Waals surface area contributed by atoms with Crippen LogP contribution in [0.15, 0.2) is 15.0 Å². The molecule has 0 saturated carbocycles. The summed E-state index contributed by atoms with van der Waals surface area (Å²) in [7, 11) is 0. The van der Waals surface area contributed by atoms with Crippen molar-refractivity contribution in [2.75, 3.05) is 17.7 Å². The molecule has 90 valence electrons. The van der Waals surface area contributed by atoms with E-state index >= 15 is 0 Å². The van der Waals surface area contributed by atoms with Crippen LogP contribution in [0.3, 0.4) is 0 Å². The lowest BCUT2D eigenvalue weighted by molar-refractivity contribution is 0.211. The van der Waals surface area contributed by atoms with Crippen molar-refractivity contribution >= 4 is 60.7 Å². The van der Waals surface area contributed by atoms with Gasteiger partial charge >= 0.3 is 0 Å². The molecular weight excluding hydrogens is 381 g/mol. The Balaban J connectivity index is 2.92. The summed E-state index contributed by atoms with van der Waals surface area (Å²) in [5, 5.41) is 13.1. The Bertz CT molecular complexity index is 388. The van der Waals surface area contributed by atoms with Crippen molar-refractivity contribution in [3.05, 3.63) is 25.6 Å². The quantitative estimate of drug-likeness (QED) is 0.596. The lowest BCUT2D eigenvalue weighted by atomic mass is 10.2. The minimum absolute atomic E-state index is 0.196. The maximum atomic E-state index is 9.37. The number of benzene rings is 1. The van der Waals surface area contributed by atoms with Crippen LogP contribution in [0.25, 0.3) is 0 Å². The Morgan fingerprint density at radius 1 is 1.50 bits per heavy atom. The van der Waals surface area contributed by atoms with Crippen LogP contribution in [0, 0.1) is 6.92 Å². The maximum Gasteiger partial charge on any atom is 0.0847 e. The lowest BCUT2D eigenvalue weighted by Gasteiger charge is -2.15. The molecule has 1 rings (SSSR count). The number of aryl methyl sites for hydroxylation is 1. The third-order valence-corrected chi connectivity index (χ3v) is 4.52. The van der Waals surface area contributed by atoms with Gasteiger partial charge in [-0.25, -0.2) is 0 Å². The summed E-state index contributed by atoms with van der Waals surface area (Å²) < 4.78 is 1.67. The van der Waals surface area contributed by atoms with Crippen LogP contribution in [0.4, 0.5) is 5.69 Å². The van der Waals surface area contributed by atoms with Crippen molar-refractivity contribution in [3.63, 3.8) is 0 Å². The highest BCUT2D eigenvalue weighted by Gasteiger charge is 2.12. The molecule has 1 unspecified atom stereocenters. The van der Waals surface area contributed by atoms with Gasteiger partial charge < -0.3 is 10.4 Å². The van der Waals surface area contributed by atoms with E-state index < -0.39 is 6.10 Å².